The number of aromatic hydroxyl groups is 1. The Labute approximate surface area is 147 Å². The average molecular weight is 360 g/mol. The Kier molecular flexibility index (Phi) is 5.85. The molecule has 2 heterocycles. The molecule has 8 nitrogen and oxygen atoms in total. The number of carboxylic acids is 1. The molecule has 3 aromatic rings. The highest BCUT2D eigenvalue weighted by molar-refractivity contribution is 7.18. The Hall–Kier alpha value is -3.20. The van der Waals surface area contributed by atoms with E-state index in [2.05, 4.69) is 15.2 Å². The maximum Gasteiger partial charge on any atom is 0.336 e. The minimum atomic E-state index is -1.03. The average Bonchev–Trinajstić information content (AvgIpc) is 3.03. The number of nitrogens with two attached hydrogens (primary N) is 1. The lowest BCUT2D eigenvalue weighted by Crippen LogP contribution is -2.01. The van der Waals surface area contributed by atoms with Crippen LogP contribution in [0.25, 0.3) is 10.6 Å². The molecule has 1 aromatic carbocycles. The third-order valence-electron chi connectivity index (χ3n) is 3.19. The predicted octanol–water partition coefficient (Wildman–Crippen LogP) is 2.59. The van der Waals surface area contributed by atoms with E-state index >= 15 is 0 Å². The van der Waals surface area contributed by atoms with Crippen molar-refractivity contribution in [1.29, 1.82) is 0 Å². The van der Waals surface area contributed by atoms with Crippen molar-refractivity contribution in [3.05, 3.63) is 47.8 Å². The standard InChI is InChI=1S/C9H10O4.C7H6N4S/c1-5-6(9(11)12)3-4-7(10)8(5)13-2;8-7-11-10-6(12-7)5-1-3-9-4-2-5/h3-4,10H,1-2H3,(H,11,12);1-4H,(H2,8,11). The Balaban J connectivity index is 0.000000181. The number of phenols is 1. The molecule has 0 radical (unpaired) electrons. The van der Waals surface area contributed by atoms with E-state index in [0.717, 1.165) is 10.6 Å². The molecule has 0 aliphatic heterocycles. The van der Waals surface area contributed by atoms with Crippen molar-refractivity contribution in [1.82, 2.24) is 15.2 Å². The maximum atomic E-state index is 10.7. The summed E-state index contributed by atoms with van der Waals surface area (Å²) in [6, 6.07) is 6.39. The van der Waals surface area contributed by atoms with Gasteiger partial charge >= 0.3 is 5.97 Å². The number of aromatic nitrogens is 3. The van der Waals surface area contributed by atoms with Crippen molar-refractivity contribution in [2.45, 2.75) is 6.92 Å². The van der Waals surface area contributed by atoms with Gasteiger partial charge in [-0.1, -0.05) is 11.3 Å². The number of hydrogen-bond donors (Lipinski definition) is 3. The number of phenolic OH excluding ortho intramolecular Hbond substituents is 1. The molecule has 25 heavy (non-hydrogen) atoms. The number of nitrogens with zero attached hydrogens (tertiary/aromatic N) is 3. The first-order chi connectivity index (χ1) is 11.9. The van der Waals surface area contributed by atoms with Crippen molar-refractivity contribution >= 4 is 22.4 Å². The molecule has 0 spiro atoms. The van der Waals surface area contributed by atoms with Crippen LogP contribution in [0.2, 0.25) is 0 Å². The number of hydrogen-bond acceptors (Lipinski definition) is 8. The summed E-state index contributed by atoms with van der Waals surface area (Å²) in [5, 5.41) is 27.0. The first-order valence-corrected chi connectivity index (χ1v) is 7.85. The summed E-state index contributed by atoms with van der Waals surface area (Å²) < 4.78 is 4.85. The molecule has 0 saturated heterocycles. The molecule has 0 unspecified atom stereocenters. The predicted molar refractivity (Wildman–Crippen MR) is 93.9 cm³/mol. The van der Waals surface area contributed by atoms with Gasteiger partial charge in [0.2, 0.25) is 5.13 Å². The molecule has 3 rings (SSSR count). The fraction of sp³-hybridized carbons (Fsp3) is 0.125. The second-order valence-corrected chi connectivity index (χ2v) is 5.79. The van der Waals surface area contributed by atoms with Gasteiger partial charge in [0.05, 0.1) is 12.7 Å². The van der Waals surface area contributed by atoms with Gasteiger partial charge in [-0.25, -0.2) is 4.79 Å². The van der Waals surface area contributed by atoms with Crippen LogP contribution in [-0.4, -0.2) is 38.5 Å². The Morgan fingerprint density at radius 1 is 1.20 bits per heavy atom. The van der Waals surface area contributed by atoms with Gasteiger partial charge in [0.15, 0.2) is 11.5 Å². The molecular formula is C16H16N4O4S. The third kappa shape index (κ3) is 4.42. The summed E-state index contributed by atoms with van der Waals surface area (Å²) in [5.74, 6) is -0.874. The Morgan fingerprint density at radius 2 is 1.88 bits per heavy atom. The summed E-state index contributed by atoms with van der Waals surface area (Å²) in [7, 11) is 1.38. The maximum absolute atomic E-state index is 10.7. The van der Waals surface area contributed by atoms with E-state index in [1.54, 1.807) is 19.3 Å². The molecule has 0 fully saturated rings. The molecule has 4 N–H and O–H groups in total. The first kappa shape index (κ1) is 18.1. The van der Waals surface area contributed by atoms with Crippen molar-refractivity contribution in [2.75, 3.05) is 12.8 Å². The summed E-state index contributed by atoms with van der Waals surface area (Å²) in [6.45, 7) is 1.59. The lowest BCUT2D eigenvalue weighted by atomic mass is 10.1. The molecule has 0 aliphatic carbocycles. The highest BCUT2D eigenvalue weighted by Gasteiger charge is 2.13. The fourth-order valence-corrected chi connectivity index (χ4v) is 2.63. The number of nitrogen functional groups attached to an aromatic ring is 1. The van der Waals surface area contributed by atoms with Crippen LogP contribution >= 0.6 is 11.3 Å². The van der Waals surface area contributed by atoms with Gasteiger partial charge < -0.3 is 20.7 Å². The van der Waals surface area contributed by atoms with Crippen LogP contribution in [0.1, 0.15) is 15.9 Å². The summed E-state index contributed by atoms with van der Waals surface area (Å²) in [5.41, 5.74) is 7.00. The SMILES string of the molecule is COc1c(O)ccc(C(=O)O)c1C.Nc1nnc(-c2ccncc2)s1. The van der Waals surface area contributed by atoms with Crippen LogP contribution in [0.5, 0.6) is 11.5 Å². The molecule has 130 valence electrons. The highest BCUT2D eigenvalue weighted by atomic mass is 32.1. The number of aromatic carboxylic acids is 1. The summed E-state index contributed by atoms with van der Waals surface area (Å²) in [4.78, 5) is 14.6. The van der Waals surface area contributed by atoms with Gasteiger partial charge in [-0.2, -0.15) is 0 Å². The Morgan fingerprint density at radius 3 is 2.40 bits per heavy atom. The minimum absolute atomic E-state index is 0.0509. The quantitative estimate of drug-likeness (QED) is 0.649. The van der Waals surface area contributed by atoms with Gasteiger partial charge in [-0.05, 0) is 31.2 Å². The van der Waals surface area contributed by atoms with Crippen LogP contribution in [0, 0.1) is 6.92 Å². The van der Waals surface area contributed by atoms with Crippen LogP contribution < -0.4 is 10.5 Å². The molecule has 0 bridgehead atoms. The molecule has 2 aromatic heterocycles. The van der Waals surface area contributed by atoms with Crippen molar-refractivity contribution in [3.8, 4) is 22.1 Å². The van der Waals surface area contributed by atoms with E-state index < -0.39 is 5.97 Å². The zero-order chi connectivity index (χ0) is 18.4. The Bertz CT molecular complexity index is 868. The number of carbonyl (C=O) groups is 1. The van der Waals surface area contributed by atoms with E-state index in [1.807, 2.05) is 12.1 Å². The molecule has 0 saturated carbocycles. The van der Waals surface area contributed by atoms with E-state index in [4.69, 9.17) is 15.6 Å². The zero-order valence-electron chi connectivity index (χ0n) is 13.5. The van der Waals surface area contributed by atoms with Crippen LogP contribution in [-0.2, 0) is 0 Å². The smallest absolute Gasteiger partial charge is 0.336 e. The number of benzene rings is 1. The van der Waals surface area contributed by atoms with Gasteiger partial charge in [0.1, 0.15) is 5.01 Å². The van der Waals surface area contributed by atoms with E-state index in [1.165, 1.54) is 30.6 Å². The van der Waals surface area contributed by atoms with E-state index in [9.17, 15) is 9.90 Å². The van der Waals surface area contributed by atoms with Crippen molar-refractivity contribution in [2.24, 2.45) is 0 Å². The largest absolute Gasteiger partial charge is 0.504 e. The zero-order valence-corrected chi connectivity index (χ0v) is 14.3. The molecule has 0 aliphatic rings. The summed E-state index contributed by atoms with van der Waals surface area (Å²) in [6.07, 6.45) is 3.43. The molecule has 9 heteroatoms. The fourth-order valence-electron chi connectivity index (χ4n) is 2.01. The van der Waals surface area contributed by atoms with Crippen LogP contribution in [0.3, 0.4) is 0 Å². The lowest BCUT2D eigenvalue weighted by Gasteiger charge is -2.08. The topological polar surface area (TPSA) is 131 Å². The monoisotopic (exact) mass is 360 g/mol. The second-order valence-electron chi connectivity index (χ2n) is 4.78. The number of anilines is 1. The van der Waals surface area contributed by atoms with Crippen molar-refractivity contribution in [3.63, 3.8) is 0 Å². The number of methoxy groups -OCH3 is 1. The normalized spacial score (nSPS) is 9.84. The lowest BCUT2D eigenvalue weighted by molar-refractivity contribution is 0.0695. The van der Waals surface area contributed by atoms with E-state index in [0.29, 0.717) is 10.7 Å². The second kappa shape index (κ2) is 8.06. The van der Waals surface area contributed by atoms with Gasteiger partial charge in [0.25, 0.3) is 0 Å². The van der Waals surface area contributed by atoms with Gasteiger partial charge in [0, 0.05) is 23.5 Å². The van der Waals surface area contributed by atoms with E-state index in [-0.39, 0.29) is 17.1 Å². The van der Waals surface area contributed by atoms with Gasteiger partial charge in [-0.15, -0.1) is 10.2 Å². The van der Waals surface area contributed by atoms with Crippen molar-refractivity contribution < 1.29 is 19.7 Å². The molecular weight excluding hydrogens is 344 g/mol. The number of carboxylic acid groups (broad SMARTS) is 1. The third-order valence-corrected chi connectivity index (χ3v) is 3.99. The number of ether oxygens (including phenoxy) is 1. The minimum Gasteiger partial charge on any atom is -0.504 e. The van der Waals surface area contributed by atoms with Gasteiger partial charge in [-0.3, -0.25) is 4.98 Å². The molecule has 0 amide bonds. The van der Waals surface area contributed by atoms with Crippen LogP contribution in [0.15, 0.2) is 36.7 Å². The summed E-state index contributed by atoms with van der Waals surface area (Å²) >= 11 is 1.37. The van der Waals surface area contributed by atoms with Crippen LogP contribution in [0.4, 0.5) is 5.13 Å². The molecule has 0 atom stereocenters. The highest BCUT2D eigenvalue weighted by Crippen LogP contribution is 2.31. The number of pyridine rings is 1. The first-order valence-electron chi connectivity index (χ1n) is 7.03. The number of rotatable bonds is 3.